The van der Waals surface area contributed by atoms with Gasteiger partial charge in [0.05, 0.1) is 0 Å². The van der Waals surface area contributed by atoms with Crippen LogP contribution in [0, 0.1) is 13.8 Å². The monoisotopic (exact) mass is 238 g/mol. The second-order valence-electron chi connectivity index (χ2n) is 4.63. The molecule has 2 aromatic carbocycles. The molecule has 2 heteroatoms. The van der Waals surface area contributed by atoms with Crippen molar-refractivity contribution in [3.8, 4) is 0 Å². The van der Waals surface area contributed by atoms with Crippen LogP contribution in [-0.4, -0.2) is 0 Å². The molecule has 0 bridgehead atoms. The van der Waals surface area contributed by atoms with E-state index in [2.05, 4.69) is 20.4 Å². The lowest BCUT2D eigenvalue weighted by Gasteiger charge is -2.13. The van der Waals surface area contributed by atoms with Crippen LogP contribution in [0.4, 0.5) is 11.4 Å². The number of nitrogen functional groups attached to an aromatic ring is 2. The number of benzene rings is 2. The highest BCUT2D eigenvalue weighted by Gasteiger charge is 2.09. The number of hydrogen-bond acceptors (Lipinski definition) is 2. The molecule has 18 heavy (non-hydrogen) atoms. The molecule has 2 aromatic rings. The molecule has 2 rings (SSSR count). The smallest absolute Gasteiger partial charge is 0.0320 e. The predicted molar refractivity (Wildman–Crippen MR) is 79.3 cm³/mol. The summed E-state index contributed by atoms with van der Waals surface area (Å²) in [5, 5.41) is 0. The minimum absolute atomic E-state index is 0.748. The van der Waals surface area contributed by atoms with Gasteiger partial charge in [-0.25, -0.2) is 0 Å². The number of hydrogen-bond donors (Lipinski definition) is 2. The SMILES string of the molecule is C=C(c1cc(N)ccc1C)c1cc(N)ccc1C. The standard InChI is InChI=1S/C16H18N2/c1-10-4-6-13(17)8-15(10)12(3)16-9-14(18)7-5-11(16)2/h4-9H,3,17-18H2,1-2H3. The van der Waals surface area contributed by atoms with Crippen LogP contribution in [0.25, 0.3) is 5.57 Å². The zero-order valence-electron chi connectivity index (χ0n) is 10.8. The topological polar surface area (TPSA) is 52.0 Å². The molecule has 4 N–H and O–H groups in total. The predicted octanol–water partition coefficient (Wildman–Crippen LogP) is 3.53. The summed E-state index contributed by atoms with van der Waals surface area (Å²) in [4.78, 5) is 0. The van der Waals surface area contributed by atoms with Crippen LogP contribution in [-0.2, 0) is 0 Å². The minimum Gasteiger partial charge on any atom is -0.399 e. The third kappa shape index (κ3) is 2.23. The zero-order valence-corrected chi connectivity index (χ0v) is 10.8. The minimum atomic E-state index is 0.748. The Balaban J connectivity index is 2.54. The van der Waals surface area contributed by atoms with Crippen LogP contribution in [0.5, 0.6) is 0 Å². The molecule has 92 valence electrons. The molecular weight excluding hydrogens is 220 g/mol. The third-order valence-corrected chi connectivity index (χ3v) is 3.17. The molecule has 0 amide bonds. The number of rotatable bonds is 2. The summed E-state index contributed by atoms with van der Waals surface area (Å²) in [5.41, 5.74) is 18.6. The van der Waals surface area contributed by atoms with E-state index in [-0.39, 0.29) is 0 Å². The van der Waals surface area contributed by atoms with Gasteiger partial charge in [0.15, 0.2) is 0 Å². The first-order valence-electron chi connectivity index (χ1n) is 5.91. The first-order chi connectivity index (χ1) is 8.49. The van der Waals surface area contributed by atoms with Gasteiger partial charge in [0.25, 0.3) is 0 Å². The molecule has 0 unspecified atom stereocenters. The molecule has 0 saturated heterocycles. The van der Waals surface area contributed by atoms with Crippen molar-refractivity contribution < 1.29 is 0 Å². The Kier molecular flexibility index (Phi) is 3.11. The first kappa shape index (κ1) is 12.2. The molecule has 0 aromatic heterocycles. The lowest BCUT2D eigenvalue weighted by molar-refractivity contribution is 1.38. The van der Waals surface area contributed by atoms with Gasteiger partial charge in [-0.15, -0.1) is 0 Å². The highest BCUT2D eigenvalue weighted by Crippen LogP contribution is 2.29. The Morgan fingerprint density at radius 3 is 1.61 bits per heavy atom. The first-order valence-corrected chi connectivity index (χ1v) is 5.91. The third-order valence-electron chi connectivity index (χ3n) is 3.17. The summed E-state index contributed by atoms with van der Waals surface area (Å²) in [6.07, 6.45) is 0. The molecule has 0 aliphatic heterocycles. The Labute approximate surface area is 108 Å². The molecule has 0 atom stereocenters. The van der Waals surface area contributed by atoms with E-state index in [1.165, 1.54) is 0 Å². The van der Waals surface area contributed by atoms with E-state index in [0.29, 0.717) is 0 Å². The highest BCUT2D eigenvalue weighted by molar-refractivity contribution is 5.83. The van der Waals surface area contributed by atoms with Crippen molar-refractivity contribution in [2.24, 2.45) is 0 Å². The van der Waals surface area contributed by atoms with Gasteiger partial charge in [0, 0.05) is 11.4 Å². The number of nitrogens with two attached hydrogens (primary N) is 2. The highest BCUT2D eigenvalue weighted by atomic mass is 14.5. The van der Waals surface area contributed by atoms with E-state index in [0.717, 1.165) is 39.2 Å². The number of aryl methyl sites for hydroxylation is 2. The van der Waals surface area contributed by atoms with Crippen molar-refractivity contribution in [3.63, 3.8) is 0 Å². The van der Waals surface area contributed by atoms with Crippen molar-refractivity contribution in [1.29, 1.82) is 0 Å². The summed E-state index contributed by atoms with van der Waals surface area (Å²) >= 11 is 0. The second kappa shape index (κ2) is 4.57. The largest absolute Gasteiger partial charge is 0.399 e. The van der Waals surface area contributed by atoms with Crippen molar-refractivity contribution in [3.05, 3.63) is 65.2 Å². The Morgan fingerprint density at radius 2 is 1.22 bits per heavy atom. The van der Waals surface area contributed by atoms with E-state index in [9.17, 15) is 0 Å². The van der Waals surface area contributed by atoms with Crippen molar-refractivity contribution in [1.82, 2.24) is 0 Å². The summed E-state index contributed by atoms with van der Waals surface area (Å²) in [6, 6.07) is 11.7. The van der Waals surface area contributed by atoms with Crippen LogP contribution >= 0.6 is 0 Å². The average Bonchev–Trinajstić information content (AvgIpc) is 2.34. The molecule has 0 aliphatic carbocycles. The molecule has 0 aliphatic rings. The zero-order chi connectivity index (χ0) is 13.3. The summed E-state index contributed by atoms with van der Waals surface area (Å²) < 4.78 is 0. The maximum Gasteiger partial charge on any atom is 0.0320 e. The van der Waals surface area contributed by atoms with E-state index in [4.69, 9.17) is 11.5 Å². The van der Waals surface area contributed by atoms with Gasteiger partial charge in [-0.2, -0.15) is 0 Å². The Bertz CT molecular complexity index is 559. The van der Waals surface area contributed by atoms with Gasteiger partial charge in [-0.3, -0.25) is 0 Å². The van der Waals surface area contributed by atoms with Gasteiger partial charge >= 0.3 is 0 Å². The summed E-state index contributed by atoms with van der Waals surface area (Å²) in [6.45, 7) is 8.30. The average molecular weight is 238 g/mol. The maximum atomic E-state index is 5.85. The van der Waals surface area contributed by atoms with Crippen molar-refractivity contribution in [2.45, 2.75) is 13.8 Å². The number of anilines is 2. The van der Waals surface area contributed by atoms with E-state index < -0.39 is 0 Å². The van der Waals surface area contributed by atoms with Crippen LogP contribution in [0.15, 0.2) is 43.0 Å². The fourth-order valence-corrected chi connectivity index (χ4v) is 2.07. The normalized spacial score (nSPS) is 10.3. The van der Waals surface area contributed by atoms with Crippen molar-refractivity contribution >= 4 is 16.9 Å². The fourth-order valence-electron chi connectivity index (χ4n) is 2.07. The maximum absolute atomic E-state index is 5.85. The molecule has 0 saturated carbocycles. The Morgan fingerprint density at radius 1 is 0.833 bits per heavy atom. The van der Waals surface area contributed by atoms with Crippen LogP contribution in [0.2, 0.25) is 0 Å². The van der Waals surface area contributed by atoms with Crippen LogP contribution in [0.1, 0.15) is 22.3 Å². The molecule has 0 heterocycles. The lowest BCUT2D eigenvalue weighted by Crippen LogP contribution is -1.96. The van der Waals surface area contributed by atoms with E-state index in [1.54, 1.807) is 0 Å². The summed E-state index contributed by atoms with van der Waals surface area (Å²) in [7, 11) is 0. The van der Waals surface area contributed by atoms with Gasteiger partial charge in [-0.1, -0.05) is 18.7 Å². The molecule has 0 spiro atoms. The molecule has 0 radical (unpaired) electrons. The quantitative estimate of drug-likeness (QED) is 0.786. The fraction of sp³-hybridized carbons (Fsp3) is 0.125. The van der Waals surface area contributed by atoms with Gasteiger partial charge in [0.2, 0.25) is 0 Å². The second-order valence-corrected chi connectivity index (χ2v) is 4.63. The van der Waals surface area contributed by atoms with E-state index >= 15 is 0 Å². The summed E-state index contributed by atoms with van der Waals surface area (Å²) in [5.74, 6) is 0. The van der Waals surface area contributed by atoms with E-state index in [1.807, 2.05) is 36.4 Å². The Hall–Kier alpha value is -2.22. The van der Waals surface area contributed by atoms with Gasteiger partial charge < -0.3 is 11.5 Å². The van der Waals surface area contributed by atoms with Gasteiger partial charge in [0.1, 0.15) is 0 Å². The van der Waals surface area contributed by atoms with Crippen LogP contribution in [0.3, 0.4) is 0 Å². The van der Waals surface area contributed by atoms with Crippen molar-refractivity contribution in [2.75, 3.05) is 11.5 Å². The molecule has 0 fully saturated rings. The van der Waals surface area contributed by atoms with Gasteiger partial charge in [-0.05, 0) is 65.9 Å². The lowest BCUT2D eigenvalue weighted by atomic mass is 9.92. The molecular formula is C16H18N2. The van der Waals surface area contributed by atoms with Crippen LogP contribution < -0.4 is 11.5 Å². The molecule has 2 nitrogen and oxygen atoms in total.